The summed E-state index contributed by atoms with van der Waals surface area (Å²) in [6, 6.07) is 17.9. The quantitative estimate of drug-likeness (QED) is 0.218. The maximum atomic E-state index is 15.6. The van der Waals surface area contributed by atoms with Gasteiger partial charge in [0.1, 0.15) is 23.6 Å². The van der Waals surface area contributed by atoms with E-state index in [1.165, 1.54) is 24.3 Å². The zero-order chi connectivity index (χ0) is 32.1. The molecule has 3 aromatic carbocycles. The summed E-state index contributed by atoms with van der Waals surface area (Å²) < 4.78 is 58.9. The molecule has 45 heavy (non-hydrogen) atoms. The number of ether oxygens (including phenoxy) is 3. The van der Waals surface area contributed by atoms with Crippen molar-refractivity contribution in [2.45, 2.75) is 69.5 Å². The molecule has 2 heterocycles. The number of hydrogen-bond acceptors (Lipinski definition) is 7. The van der Waals surface area contributed by atoms with Gasteiger partial charge in [-0.2, -0.15) is 0 Å². The monoisotopic (exact) mass is 623 g/mol. The number of carbonyl (C=O) groups is 2. The van der Waals surface area contributed by atoms with Crippen LogP contribution in [0.2, 0.25) is 0 Å². The molecule has 1 atom stereocenters. The number of carbonyl (C=O) groups excluding carboxylic acids is 2. The SMILES string of the molecule is CC(C)(C(=O)OCc1ccccc1)c1cc2cc(CC(=O)C3(c4ccc5c(c4)OC(F)(F)O5)CC3)c(F)cc2n1C[C@@H](O)CO. The van der Waals surface area contributed by atoms with Gasteiger partial charge in [0.05, 0.1) is 30.2 Å². The van der Waals surface area contributed by atoms with Gasteiger partial charge in [-0.05, 0) is 73.7 Å². The molecule has 1 aliphatic carbocycles. The lowest BCUT2D eigenvalue weighted by Gasteiger charge is -2.26. The first-order valence-corrected chi connectivity index (χ1v) is 14.6. The molecule has 4 aromatic rings. The number of aliphatic hydroxyl groups is 2. The molecule has 0 spiro atoms. The highest BCUT2D eigenvalue weighted by molar-refractivity contribution is 5.96. The maximum absolute atomic E-state index is 15.6. The van der Waals surface area contributed by atoms with E-state index in [2.05, 4.69) is 9.47 Å². The van der Waals surface area contributed by atoms with Crippen LogP contribution in [0.15, 0.2) is 66.7 Å². The van der Waals surface area contributed by atoms with Crippen LogP contribution in [0, 0.1) is 5.82 Å². The second-order valence-electron chi connectivity index (χ2n) is 12.2. The van der Waals surface area contributed by atoms with Crippen molar-refractivity contribution in [1.82, 2.24) is 4.57 Å². The van der Waals surface area contributed by atoms with E-state index in [4.69, 9.17) is 4.74 Å². The Balaban J connectivity index is 1.29. The third-order valence-electron chi connectivity index (χ3n) is 8.63. The molecule has 0 bridgehead atoms. The molecule has 236 valence electrons. The van der Waals surface area contributed by atoms with Gasteiger partial charge in [0.25, 0.3) is 0 Å². The predicted molar refractivity (Wildman–Crippen MR) is 157 cm³/mol. The van der Waals surface area contributed by atoms with Gasteiger partial charge in [-0.1, -0.05) is 36.4 Å². The number of Topliss-reactive ketones (excluding diaryl/α,β-unsaturated/α-hetero) is 1. The van der Waals surface area contributed by atoms with Crippen LogP contribution >= 0.6 is 0 Å². The second-order valence-corrected chi connectivity index (χ2v) is 12.2. The van der Waals surface area contributed by atoms with Gasteiger partial charge in [0.2, 0.25) is 0 Å². The molecule has 1 aromatic heterocycles. The number of alkyl halides is 2. The van der Waals surface area contributed by atoms with Crippen LogP contribution in [0.3, 0.4) is 0 Å². The summed E-state index contributed by atoms with van der Waals surface area (Å²) >= 11 is 0. The highest BCUT2D eigenvalue weighted by Gasteiger charge is 2.52. The van der Waals surface area contributed by atoms with Crippen molar-refractivity contribution < 1.29 is 47.2 Å². The fraction of sp³-hybridized carbons (Fsp3) is 0.353. The number of halogens is 3. The normalized spacial score (nSPS) is 16.9. The summed E-state index contributed by atoms with van der Waals surface area (Å²) in [4.78, 5) is 26.9. The summed E-state index contributed by atoms with van der Waals surface area (Å²) in [6.45, 7) is 2.71. The van der Waals surface area contributed by atoms with Crippen LogP contribution in [0.25, 0.3) is 10.9 Å². The molecule has 2 N–H and O–H groups in total. The lowest BCUT2D eigenvalue weighted by Crippen LogP contribution is -2.34. The third-order valence-corrected chi connectivity index (χ3v) is 8.63. The number of esters is 1. The van der Waals surface area contributed by atoms with E-state index in [0.29, 0.717) is 35.0 Å². The van der Waals surface area contributed by atoms with E-state index in [1.807, 2.05) is 30.3 Å². The van der Waals surface area contributed by atoms with E-state index in [0.717, 1.165) is 5.56 Å². The van der Waals surface area contributed by atoms with Gasteiger partial charge in [-0.15, -0.1) is 8.78 Å². The van der Waals surface area contributed by atoms with Crippen molar-refractivity contribution in [1.29, 1.82) is 0 Å². The molecular weight excluding hydrogens is 591 g/mol. The lowest BCUT2D eigenvalue weighted by molar-refractivity contribution is -0.286. The summed E-state index contributed by atoms with van der Waals surface area (Å²) in [7, 11) is 0. The van der Waals surface area contributed by atoms with Gasteiger partial charge >= 0.3 is 12.3 Å². The molecule has 0 radical (unpaired) electrons. The summed E-state index contributed by atoms with van der Waals surface area (Å²) in [5, 5.41) is 20.4. The number of aromatic nitrogens is 1. The molecule has 0 amide bonds. The van der Waals surface area contributed by atoms with Crippen molar-refractivity contribution in [2.75, 3.05) is 6.61 Å². The van der Waals surface area contributed by atoms with Crippen LogP contribution in [-0.4, -0.2) is 45.5 Å². The zero-order valence-electron chi connectivity index (χ0n) is 24.7. The summed E-state index contributed by atoms with van der Waals surface area (Å²) in [6.07, 6.45) is -4.27. The van der Waals surface area contributed by atoms with Crippen molar-refractivity contribution in [3.63, 3.8) is 0 Å². The molecule has 1 saturated carbocycles. The van der Waals surface area contributed by atoms with Gasteiger partial charge in [-0.3, -0.25) is 9.59 Å². The first-order chi connectivity index (χ1) is 21.3. The standard InChI is InChI=1S/C34H32F3NO7/c1-32(2,31(42)43-19-20-6-4-3-5-7-20)29-13-22-12-21(25(35)16-26(22)38(29)17-24(40)18-39)14-30(41)33(10-11-33)23-8-9-27-28(15-23)45-34(36,37)44-27/h3-9,12-13,15-16,24,39-40H,10-11,14,17-19H2,1-2H3/t24-/m1/s1. The maximum Gasteiger partial charge on any atom is 0.586 e. The second kappa shape index (κ2) is 11.2. The van der Waals surface area contributed by atoms with E-state index < -0.39 is 41.6 Å². The number of rotatable bonds is 11. The minimum atomic E-state index is -3.78. The van der Waals surface area contributed by atoms with Crippen LogP contribution < -0.4 is 9.47 Å². The molecule has 8 nitrogen and oxygen atoms in total. The Kier molecular flexibility index (Phi) is 7.65. The highest BCUT2D eigenvalue weighted by atomic mass is 19.3. The minimum absolute atomic E-state index is 0.0526. The highest BCUT2D eigenvalue weighted by Crippen LogP contribution is 2.52. The van der Waals surface area contributed by atoms with E-state index in [-0.39, 0.29) is 42.4 Å². The van der Waals surface area contributed by atoms with E-state index >= 15 is 4.39 Å². The topological polar surface area (TPSA) is 107 Å². The smallest absolute Gasteiger partial charge is 0.460 e. The lowest BCUT2D eigenvalue weighted by atomic mass is 9.87. The van der Waals surface area contributed by atoms with Crippen molar-refractivity contribution in [3.8, 4) is 11.5 Å². The molecular formula is C34H32F3NO7. The Labute approximate surface area is 256 Å². The van der Waals surface area contributed by atoms with Crippen molar-refractivity contribution in [3.05, 3.63) is 94.9 Å². The Morgan fingerprint density at radius 1 is 1.02 bits per heavy atom. The first-order valence-electron chi connectivity index (χ1n) is 14.6. The molecule has 0 unspecified atom stereocenters. The Morgan fingerprint density at radius 2 is 1.73 bits per heavy atom. The third kappa shape index (κ3) is 5.78. The van der Waals surface area contributed by atoms with Crippen molar-refractivity contribution in [2.24, 2.45) is 0 Å². The van der Waals surface area contributed by atoms with Gasteiger partial charge in [-0.25, -0.2) is 4.39 Å². The number of fused-ring (bicyclic) bond motifs is 2. The number of ketones is 1. The van der Waals surface area contributed by atoms with Crippen LogP contribution in [0.5, 0.6) is 11.5 Å². The van der Waals surface area contributed by atoms with Gasteiger partial charge in [0.15, 0.2) is 11.5 Å². The molecule has 1 fully saturated rings. The molecule has 1 aliphatic heterocycles. The predicted octanol–water partition coefficient (Wildman–Crippen LogP) is 5.32. The number of hydrogen-bond donors (Lipinski definition) is 2. The Hall–Kier alpha value is -4.35. The fourth-order valence-corrected chi connectivity index (χ4v) is 5.90. The average Bonchev–Trinajstić information content (AvgIpc) is 3.66. The van der Waals surface area contributed by atoms with Gasteiger partial charge < -0.3 is 29.0 Å². The zero-order valence-corrected chi connectivity index (χ0v) is 24.7. The Bertz CT molecular complexity index is 1780. The molecule has 2 aliphatic rings. The van der Waals surface area contributed by atoms with E-state index in [1.54, 1.807) is 30.5 Å². The summed E-state index contributed by atoms with van der Waals surface area (Å²) in [5.41, 5.74) is 0.0445. The molecule has 0 saturated heterocycles. The van der Waals surface area contributed by atoms with E-state index in [9.17, 15) is 28.6 Å². The first kappa shape index (κ1) is 30.7. The average molecular weight is 624 g/mol. The minimum Gasteiger partial charge on any atom is -0.460 e. The Morgan fingerprint density at radius 3 is 2.42 bits per heavy atom. The number of nitrogens with zero attached hydrogens (tertiary/aromatic N) is 1. The number of aliphatic hydroxyl groups excluding tert-OH is 2. The van der Waals surface area contributed by atoms with Crippen LogP contribution in [-0.2, 0) is 44.7 Å². The molecule has 11 heteroatoms. The van der Waals surface area contributed by atoms with Crippen LogP contribution in [0.4, 0.5) is 13.2 Å². The largest absolute Gasteiger partial charge is 0.586 e. The number of benzene rings is 3. The fourth-order valence-electron chi connectivity index (χ4n) is 5.90. The van der Waals surface area contributed by atoms with Gasteiger partial charge in [0, 0.05) is 17.5 Å². The van der Waals surface area contributed by atoms with Crippen molar-refractivity contribution >= 4 is 22.7 Å². The summed E-state index contributed by atoms with van der Waals surface area (Å²) in [5.74, 6) is -1.76. The molecule has 6 rings (SSSR count). The van der Waals surface area contributed by atoms with Crippen LogP contribution in [0.1, 0.15) is 49.1 Å².